The number of halogens is 1. The van der Waals surface area contributed by atoms with E-state index in [1.165, 1.54) is 47.0 Å². The van der Waals surface area contributed by atoms with Gasteiger partial charge in [-0.05, 0) is 56.5 Å². The Morgan fingerprint density at radius 3 is 2.42 bits per heavy atom. The third-order valence-electron chi connectivity index (χ3n) is 6.30. The number of thiophene rings is 1. The highest BCUT2D eigenvalue weighted by Gasteiger charge is 2.30. The van der Waals surface area contributed by atoms with E-state index in [1.54, 1.807) is 0 Å². The maximum Gasteiger partial charge on any atom is 0.341 e. The van der Waals surface area contributed by atoms with E-state index in [2.05, 4.69) is 24.1 Å². The van der Waals surface area contributed by atoms with E-state index in [1.807, 2.05) is 13.8 Å². The zero-order valence-corrected chi connectivity index (χ0v) is 23.9. The number of sulfonamides is 1. The summed E-state index contributed by atoms with van der Waals surface area (Å²) >= 11 is 1.39. The number of methoxy groups -OCH3 is 1. The van der Waals surface area contributed by atoms with Gasteiger partial charge in [0, 0.05) is 42.7 Å². The summed E-state index contributed by atoms with van der Waals surface area (Å²) in [5.41, 5.74) is 1.66. The number of rotatable bonds is 10. The number of hydrogen-bond donors (Lipinski definition) is 1. The van der Waals surface area contributed by atoms with Crippen molar-refractivity contribution in [3.05, 3.63) is 45.8 Å². The van der Waals surface area contributed by atoms with Gasteiger partial charge < -0.3 is 10.1 Å². The van der Waals surface area contributed by atoms with Gasteiger partial charge in [-0.3, -0.25) is 9.69 Å². The van der Waals surface area contributed by atoms with Crippen LogP contribution in [0.4, 0.5) is 5.00 Å². The summed E-state index contributed by atoms with van der Waals surface area (Å²) in [6.07, 6.45) is 2.40. The number of hydrogen-bond acceptors (Lipinski definition) is 7. The van der Waals surface area contributed by atoms with Gasteiger partial charge in [-0.25, -0.2) is 13.2 Å². The predicted octanol–water partition coefficient (Wildman–Crippen LogP) is 4.79. The number of amides is 1. The summed E-state index contributed by atoms with van der Waals surface area (Å²) in [6.45, 7) is 10.5. The zero-order valence-electron chi connectivity index (χ0n) is 21.5. The van der Waals surface area contributed by atoms with Crippen molar-refractivity contribution in [3.63, 3.8) is 0 Å². The van der Waals surface area contributed by atoms with Crippen LogP contribution in [0.15, 0.2) is 29.2 Å². The van der Waals surface area contributed by atoms with Gasteiger partial charge in [0.25, 0.3) is 5.91 Å². The second kappa shape index (κ2) is 13.0. The summed E-state index contributed by atoms with van der Waals surface area (Å²) in [5, 5.41) is 3.33. The van der Waals surface area contributed by atoms with Crippen molar-refractivity contribution in [1.29, 1.82) is 0 Å². The predicted molar refractivity (Wildman–Crippen MR) is 146 cm³/mol. The molecule has 2 aromatic rings. The maximum absolute atomic E-state index is 13.0. The van der Waals surface area contributed by atoms with Crippen LogP contribution in [-0.2, 0) is 27.7 Å². The molecule has 36 heavy (non-hydrogen) atoms. The van der Waals surface area contributed by atoms with E-state index in [0.717, 1.165) is 36.4 Å². The summed E-state index contributed by atoms with van der Waals surface area (Å²) in [4.78, 5) is 29.1. The van der Waals surface area contributed by atoms with Crippen molar-refractivity contribution in [2.75, 3.05) is 32.1 Å². The largest absolute Gasteiger partial charge is 0.465 e. The van der Waals surface area contributed by atoms with Gasteiger partial charge in [0.05, 0.1) is 17.6 Å². The van der Waals surface area contributed by atoms with Crippen molar-refractivity contribution in [1.82, 2.24) is 9.21 Å². The first-order valence-electron chi connectivity index (χ1n) is 12.0. The number of anilines is 1. The molecule has 0 spiro atoms. The van der Waals surface area contributed by atoms with E-state index in [-0.39, 0.29) is 17.3 Å². The van der Waals surface area contributed by atoms with Crippen molar-refractivity contribution >= 4 is 50.6 Å². The van der Waals surface area contributed by atoms with E-state index in [0.29, 0.717) is 41.7 Å². The molecule has 1 aromatic heterocycles. The van der Waals surface area contributed by atoms with E-state index >= 15 is 0 Å². The Balaban J connectivity index is 0.00000456. The number of benzene rings is 1. The average Bonchev–Trinajstić information content (AvgIpc) is 3.20. The second-order valence-electron chi connectivity index (χ2n) is 8.84. The van der Waals surface area contributed by atoms with Gasteiger partial charge in [0.1, 0.15) is 5.00 Å². The summed E-state index contributed by atoms with van der Waals surface area (Å²) in [6, 6.07) is 6.30. The molecule has 0 aliphatic carbocycles. The molecule has 0 saturated carbocycles. The molecule has 0 unspecified atom stereocenters. The number of carbonyl (C=O) groups is 2. The first kappa shape index (κ1) is 30.2. The summed E-state index contributed by atoms with van der Waals surface area (Å²) < 4.78 is 32.4. The minimum absolute atomic E-state index is 0. The Morgan fingerprint density at radius 2 is 1.86 bits per heavy atom. The van der Waals surface area contributed by atoms with Crippen molar-refractivity contribution in [2.24, 2.45) is 0 Å². The van der Waals surface area contributed by atoms with Crippen molar-refractivity contribution in [2.45, 2.75) is 64.4 Å². The highest BCUT2D eigenvalue weighted by atomic mass is 35.5. The Bertz CT molecular complexity index is 1160. The Labute approximate surface area is 224 Å². The number of nitrogens with zero attached hydrogens (tertiary/aromatic N) is 2. The molecule has 1 aliphatic rings. The SMILES string of the molecule is CCCCN(CC)S(=O)(=O)c1ccc(C(=O)Nc2sc3c(c2C(=O)OC)CCN(C(C)C)C3)cc1.Cl. The summed E-state index contributed by atoms with van der Waals surface area (Å²) in [5.74, 6) is -0.874. The third-order valence-corrected chi connectivity index (χ3v) is 9.42. The minimum atomic E-state index is -3.62. The molecular formula is C25H36ClN3O5S2. The fourth-order valence-electron chi connectivity index (χ4n) is 4.16. The van der Waals surface area contributed by atoms with Crippen LogP contribution in [0.2, 0.25) is 0 Å². The maximum atomic E-state index is 13.0. The van der Waals surface area contributed by atoms with Gasteiger partial charge in [-0.1, -0.05) is 20.3 Å². The fraction of sp³-hybridized carbons (Fsp3) is 0.520. The first-order valence-corrected chi connectivity index (χ1v) is 14.3. The monoisotopic (exact) mass is 557 g/mol. The van der Waals surface area contributed by atoms with Crippen LogP contribution in [0.3, 0.4) is 0 Å². The molecule has 200 valence electrons. The highest BCUT2D eigenvalue weighted by Crippen LogP contribution is 2.38. The van der Waals surface area contributed by atoms with Crippen LogP contribution >= 0.6 is 23.7 Å². The topological polar surface area (TPSA) is 96.0 Å². The molecule has 0 atom stereocenters. The lowest BCUT2D eigenvalue weighted by molar-refractivity contribution is 0.0600. The number of esters is 1. The molecule has 8 nitrogen and oxygen atoms in total. The van der Waals surface area contributed by atoms with Gasteiger partial charge in [0.15, 0.2) is 0 Å². The molecule has 1 aliphatic heterocycles. The number of carbonyl (C=O) groups excluding carboxylic acids is 2. The molecule has 1 aromatic carbocycles. The molecule has 11 heteroatoms. The second-order valence-corrected chi connectivity index (χ2v) is 11.9. The first-order chi connectivity index (χ1) is 16.6. The van der Waals surface area contributed by atoms with E-state index in [9.17, 15) is 18.0 Å². The smallest absolute Gasteiger partial charge is 0.341 e. The Hall–Kier alpha value is -1.98. The zero-order chi connectivity index (χ0) is 25.8. The van der Waals surface area contributed by atoms with Crippen LogP contribution in [0, 0.1) is 0 Å². The molecule has 1 N–H and O–H groups in total. The van der Waals surface area contributed by atoms with Crippen molar-refractivity contribution < 1.29 is 22.7 Å². The standard InChI is InChI=1S/C25H35N3O5S2.ClH/c1-6-8-14-28(7-2)35(31,32)19-11-9-18(10-12-19)23(29)26-24-22(25(30)33-5)20-13-15-27(17(3)4)16-21(20)34-24;/h9-12,17H,6-8,13-16H2,1-5H3,(H,26,29);1H. The van der Waals surface area contributed by atoms with Crippen LogP contribution < -0.4 is 5.32 Å². The van der Waals surface area contributed by atoms with Crippen LogP contribution in [0.25, 0.3) is 0 Å². The van der Waals surface area contributed by atoms with E-state index in [4.69, 9.17) is 4.74 Å². The molecule has 3 rings (SSSR count). The lowest BCUT2D eigenvalue weighted by atomic mass is 10.0. The number of nitrogens with one attached hydrogen (secondary N) is 1. The van der Waals surface area contributed by atoms with Gasteiger partial charge in [-0.15, -0.1) is 23.7 Å². The lowest BCUT2D eigenvalue weighted by Gasteiger charge is -2.30. The van der Waals surface area contributed by atoms with E-state index < -0.39 is 21.9 Å². The Morgan fingerprint density at radius 1 is 1.19 bits per heavy atom. The fourth-order valence-corrected chi connectivity index (χ4v) is 6.90. The minimum Gasteiger partial charge on any atom is -0.465 e. The lowest BCUT2D eigenvalue weighted by Crippen LogP contribution is -2.35. The van der Waals surface area contributed by atoms with Gasteiger partial charge in [-0.2, -0.15) is 4.31 Å². The molecule has 1 amide bonds. The number of ether oxygens (including phenoxy) is 1. The molecular weight excluding hydrogens is 522 g/mol. The molecule has 0 saturated heterocycles. The highest BCUT2D eigenvalue weighted by molar-refractivity contribution is 7.89. The molecule has 0 fully saturated rings. The van der Waals surface area contributed by atoms with Crippen LogP contribution in [-0.4, -0.2) is 62.3 Å². The quantitative estimate of drug-likeness (QED) is 0.422. The summed E-state index contributed by atoms with van der Waals surface area (Å²) in [7, 11) is -2.29. The molecule has 0 bridgehead atoms. The van der Waals surface area contributed by atoms with Gasteiger partial charge >= 0.3 is 5.97 Å². The van der Waals surface area contributed by atoms with Crippen LogP contribution in [0.5, 0.6) is 0 Å². The number of unbranched alkanes of at least 4 members (excludes halogenated alkanes) is 1. The number of fused-ring (bicyclic) bond motifs is 1. The van der Waals surface area contributed by atoms with Crippen LogP contribution in [0.1, 0.15) is 71.7 Å². The van der Waals surface area contributed by atoms with Crippen molar-refractivity contribution in [3.8, 4) is 0 Å². The Kier molecular flexibility index (Phi) is 10.9. The third kappa shape index (κ3) is 6.47. The normalized spacial score (nSPS) is 13.9. The molecule has 2 heterocycles. The molecule has 0 radical (unpaired) electrons. The van der Waals surface area contributed by atoms with Gasteiger partial charge in [0.2, 0.25) is 10.0 Å². The average molecular weight is 558 g/mol.